The van der Waals surface area contributed by atoms with E-state index in [1.807, 2.05) is 40.2 Å². The van der Waals surface area contributed by atoms with Gasteiger partial charge in [-0.05, 0) is 62.6 Å². The predicted molar refractivity (Wildman–Crippen MR) is 175 cm³/mol. The Balaban J connectivity index is 0. The van der Waals surface area contributed by atoms with Gasteiger partial charge in [0.15, 0.2) is 5.17 Å². The molecule has 0 heterocycles. The number of nitrogens with two attached hydrogens (primary N) is 1. The lowest BCUT2D eigenvalue weighted by molar-refractivity contribution is 0.745. The zero-order chi connectivity index (χ0) is 28.5. The molecule has 9 heteroatoms. The molecule has 0 amide bonds. The first-order valence-electron chi connectivity index (χ1n) is 13.1. The normalized spacial score (nSPS) is 11.9. The van der Waals surface area contributed by atoms with Gasteiger partial charge in [-0.3, -0.25) is 10.4 Å². The van der Waals surface area contributed by atoms with Gasteiger partial charge in [-0.15, -0.1) is 5.10 Å². The van der Waals surface area contributed by atoms with Gasteiger partial charge in [0.2, 0.25) is 5.17 Å². The molecule has 210 valence electrons. The summed E-state index contributed by atoms with van der Waals surface area (Å²) in [6.45, 7) is 20.5. The van der Waals surface area contributed by atoms with Crippen molar-refractivity contribution >= 4 is 51.5 Å². The van der Waals surface area contributed by atoms with Crippen LogP contribution >= 0.6 is 23.5 Å². The van der Waals surface area contributed by atoms with Gasteiger partial charge >= 0.3 is 0 Å². The van der Waals surface area contributed by atoms with Gasteiger partial charge in [-0.2, -0.15) is 10.2 Å². The molecule has 7 nitrogen and oxygen atoms in total. The highest BCUT2D eigenvalue weighted by Gasteiger charge is 2.04. The number of anilines is 1. The van der Waals surface area contributed by atoms with E-state index in [9.17, 15) is 0 Å². The van der Waals surface area contributed by atoms with Crippen molar-refractivity contribution in [1.82, 2.24) is 5.43 Å². The minimum Gasteiger partial charge on any atom is -0.379 e. The number of thioether (sulfide) groups is 2. The summed E-state index contributed by atoms with van der Waals surface area (Å²) in [5.41, 5.74) is 12.3. The number of rotatable bonds is 12. The third-order valence-corrected chi connectivity index (χ3v) is 6.23. The van der Waals surface area contributed by atoms with E-state index < -0.39 is 0 Å². The number of hydrogen-bond donors (Lipinski definition) is 2. The number of nitrogens with one attached hydrogen (secondary N) is 1. The van der Waals surface area contributed by atoms with E-state index in [0.29, 0.717) is 10.3 Å². The van der Waals surface area contributed by atoms with E-state index in [4.69, 9.17) is 5.73 Å². The van der Waals surface area contributed by atoms with Crippen LogP contribution in [0.3, 0.4) is 0 Å². The molecule has 0 spiro atoms. The van der Waals surface area contributed by atoms with E-state index in [1.54, 1.807) is 18.8 Å². The second kappa shape index (κ2) is 25.4. The molecular weight excluding hydrogens is 498 g/mol. The minimum absolute atomic E-state index is 0.634. The summed E-state index contributed by atoms with van der Waals surface area (Å²) in [6, 6.07) is 8.53. The lowest BCUT2D eigenvalue weighted by Gasteiger charge is -2.23. The van der Waals surface area contributed by atoms with Gasteiger partial charge in [0.05, 0.1) is 11.9 Å². The van der Waals surface area contributed by atoms with E-state index >= 15 is 0 Å². The number of hydrazone groups is 1. The van der Waals surface area contributed by atoms with E-state index in [0.717, 1.165) is 61.4 Å². The predicted octanol–water partition coefficient (Wildman–Crippen LogP) is 7.40. The van der Waals surface area contributed by atoms with Crippen molar-refractivity contribution in [3.63, 3.8) is 0 Å². The third-order valence-electron chi connectivity index (χ3n) is 4.69. The fourth-order valence-corrected chi connectivity index (χ4v) is 3.56. The second-order valence-corrected chi connectivity index (χ2v) is 9.70. The van der Waals surface area contributed by atoms with Gasteiger partial charge in [-0.1, -0.05) is 83.3 Å². The summed E-state index contributed by atoms with van der Waals surface area (Å²) >= 11 is 3.09. The maximum atomic E-state index is 5.19. The van der Waals surface area contributed by atoms with Gasteiger partial charge in [0, 0.05) is 31.6 Å². The smallest absolute Gasteiger partial charge is 0.203 e. The zero-order valence-electron chi connectivity index (χ0n) is 24.7. The fraction of sp³-hybridized carbons (Fsp3) is 0.571. The summed E-state index contributed by atoms with van der Waals surface area (Å²) in [7, 11) is 1.67. The average Bonchev–Trinajstić information content (AvgIpc) is 2.92. The Morgan fingerprint density at radius 2 is 1.62 bits per heavy atom. The zero-order valence-corrected chi connectivity index (χ0v) is 26.3. The maximum Gasteiger partial charge on any atom is 0.203 e. The molecule has 1 aromatic carbocycles. The molecule has 3 N–H and O–H groups in total. The van der Waals surface area contributed by atoms with Crippen LogP contribution in [0, 0.1) is 0 Å². The van der Waals surface area contributed by atoms with Gasteiger partial charge < -0.3 is 10.6 Å². The number of amidine groups is 2. The molecule has 0 saturated carbocycles. The summed E-state index contributed by atoms with van der Waals surface area (Å²) in [6.07, 6.45) is 8.29. The standard InChI is InChI=1S/C23H37N5S.C3H8N2S.C2H6/c1-7-10-17-29-23(27-25-20(6)19(4)5)26-24-18-21-11-13-22(14-12-21)28(15-8-2)16-9-3;1-5-3(4)6-2;1-2/h11-14,18H,4,7-10,15-17H2,1-3,5-6H3,(H,26,27);1-2H3,(H2,4,5);1-2H3/b24-18+,25-20+;;. The summed E-state index contributed by atoms with van der Waals surface area (Å²) < 4.78 is 0. The number of aliphatic imine (C=N–C) groups is 1. The number of benzene rings is 1. The van der Waals surface area contributed by atoms with Crippen molar-refractivity contribution in [3.8, 4) is 0 Å². The van der Waals surface area contributed by atoms with Crippen LogP contribution in [0.5, 0.6) is 0 Å². The second-order valence-electron chi connectivity index (χ2n) is 7.79. The van der Waals surface area contributed by atoms with Crippen molar-refractivity contribution in [3.05, 3.63) is 42.0 Å². The van der Waals surface area contributed by atoms with Crippen molar-refractivity contribution in [2.24, 2.45) is 26.0 Å². The van der Waals surface area contributed by atoms with Crippen LogP contribution in [0.15, 0.2) is 56.7 Å². The van der Waals surface area contributed by atoms with Crippen molar-refractivity contribution < 1.29 is 0 Å². The maximum absolute atomic E-state index is 5.19. The van der Waals surface area contributed by atoms with Crippen LogP contribution in [0.2, 0.25) is 0 Å². The van der Waals surface area contributed by atoms with E-state index in [-0.39, 0.29) is 0 Å². The van der Waals surface area contributed by atoms with Gasteiger partial charge in [-0.25, -0.2) is 0 Å². The topological polar surface area (TPSA) is 90.7 Å². The molecule has 37 heavy (non-hydrogen) atoms. The first kappa shape index (κ1) is 36.9. The van der Waals surface area contributed by atoms with Crippen LogP contribution < -0.4 is 16.1 Å². The Morgan fingerprint density at radius 3 is 2.05 bits per heavy atom. The molecule has 0 atom stereocenters. The SMILES string of the molecule is C=C(C)/C(C)=N/N=C(/N/N=C/c1ccc(N(CCC)CCC)cc1)SCCCC.CC.CN=C(N)SC. The Kier molecular flexibility index (Phi) is 25.3. The number of nitrogens with zero attached hydrogens (tertiary/aromatic N) is 5. The monoisotopic (exact) mass is 549 g/mol. The Hall–Kier alpha value is -2.26. The molecule has 0 aromatic heterocycles. The number of allylic oxidation sites excluding steroid dienone is 1. The van der Waals surface area contributed by atoms with Crippen molar-refractivity contribution in [2.45, 2.75) is 74.1 Å². The number of unbranched alkanes of at least 4 members (excludes halogenated alkanes) is 1. The molecule has 0 aliphatic heterocycles. The Bertz CT molecular complexity index is 825. The molecule has 0 aliphatic rings. The molecule has 1 aromatic rings. The van der Waals surface area contributed by atoms with Crippen molar-refractivity contribution in [1.29, 1.82) is 0 Å². The summed E-state index contributed by atoms with van der Waals surface area (Å²) in [4.78, 5) is 6.09. The summed E-state index contributed by atoms with van der Waals surface area (Å²) in [5, 5.41) is 14.2. The van der Waals surface area contributed by atoms with E-state index in [1.165, 1.54) is 17.4 Å². The van der Waals surface area contributed by atoms with E-state index in [2.05, 4.69) is 82.2 Å². The highest BCUT2D eigenvalue weighted by molar-refractivity contribution is 8.13. The minimum atomic E-state index is 0.634. The highest BCUT2D eigenvalue weighted by Crippen LogP contribution is 2.15. The van der Waals surface area contributed by atoms with Crippen LogP contribution in [0.1, 0.15) is 79.7 Å². The molecular formula is C28H51N7S2. The first-order chi connectivity index (χ1) is 17.8. The van der Waals surface area contributed by atoms with Gasteiger partial charge in [0.1, 0.15) is 0 Å². The molecule has 1 rings (SSSR count). The summed E-state index contributed by atoms with van der Waals surface area (Å²) in [5.74, 6) is 0.985. The third kappa shape index (κ3) is 19.5. The average molecular weight is 550 g/mol. The lowest BCUT2D eigenvalue weighted by atomic mass is 10.2. The van der Waals surface area contributed by atoms with Crippen LogP contribution in [0.4, 0.5) is 5.69 Å². The molecule has 0 fully saturated rings. The van der Waals surface area contributed by atoms with Crippen LogP contribution in [0.25, 0.3) is 0 Å². The largest absolute Gasteiger partial charge is 0.379 e. The number of hydrogen-bond acceptors (Lipinski definition) is 7. The van der Waals surface area contributed by atoms with Crippen LogP contribution in [-0.4, -0.2) is 54.4 Å². The molecule has 0 unspecified atom stereocenters. The Morgan fingerprint density at radius 1 is 1.03 bits per heavy atom. The Labute approximate surface area is 235 Å². The van der Waals surface area contributed by atoms with Crippen molar-refractivity contribution in [2.75, 3.05) is 37.0 Å². The first-order valence-corrected chi connectivity index (χ1v) is 15.3. The molecule has 0 saturated heterocycles. The quantitative estimate of drug-likeness (QED) is 0.123. The fourth-order valence-electron chi connectivity index (χ4n) is 2.54. The lowest BCUT2D eigenvalue weighted by Crippen LogP contribution is -2.24. The molecule has 0 bridgehead atoms. The van der Waals surface area contributed by atoms with Crippen LogP contribution in [-0.2, 0) is 0 Å². The molecule has 0 aliphatic carbocycles. The van der Waals surface area contributed by atoms with Gasteiger partial charge in [0.25, 0.3) is 0 Å². The highest BCUT2D eigenvalue weighted by atomic mass is 32.2. The molecule has 0 radical (unpaired) electrons.